The molecule has 0 saturated carbocycles. The summed E-state index contributed by atoms with van der Waals surface area (Å²) >= 11 is 7.22. The SMILES string of the molecule is Cc1cnc(CNS(=O)(=O)c2cc(C(=O)O)ccc2Cl)s1. The number of hydrogen-bond acceptors (Lipinski definition) is 5. The first-order valence-corrected chi connectivity index (χ1v) is 8.41. The van der Waals surface area contributed by atoms with Crippen LogP contribution >= 0.6 is 22.9 Å². The molecule has 9 heteroatoms. The van der Waals surface area contributed by atoms with E-state index >= 15 is 0 Å². The topological polar surface area (TPSA) is 96.4 Å². The maximum absolute atomic E-state index is 12.2. The molecule has 0 saturated heterocycles. The van der Waals surface area contributed by atoms with Crippen LogP contribution in [-0.4, -0.2) is 24.5 Å². The van der Waals surface area contributed by atoms with E-state index in [0.717, 1.165) is 10.9 Å². The molecule has 1 aromatic carbocycles. The highest BCUT2D eigenvalue weighted by Crippen LogP contribution is 2.23. The summed E-state index contributed by atoms with van der Waals surface area (Å²) in [5, 5.41) is 9.48. The van der Waals surface area contributed by atoms with Crippen molar-refractivity contribution in [3.05, 3.63) is 44.9 Å². The molecule has 1 aromatic heterocycles. The van der Waals surface area contributed by atoms with Gasteiger partial charge in [0.15, 0.2) is 0 Å². The molecule has 0 bridgehead atoms. The number of hydrogen-bond donors (Lipinski definition) is 2. The average molecular weight is 347 g/mol. The van der Waals surface area contributed by atoms with Crippen molar-refractivity contribution in [2.24, 2.45) is 0 Å². The van der Waals surface area contributed by atoms with Crippen molar-refractivity contribution in [3.8, 4) is 0 Å². The number of carboxylic acid groups (broad SMARTS) is 1. The number of rotatable bonds is 5. The Labute approximate surface area is 130 Å². The van der Waals surface area contributed by atoms with Crippen LogP contribution in [0.1, 0.15) is 20.2 Å². The third kappa shape index (κ3) is 3.79. The zero-order valence-corrected chi connectivity index (χ0v) is 13.2. The van der Waals surface area contributed by atoms with E-state index < -0.39 is 16.0 Å². The number of carbonyl (C=O) groups is 1. The van der Waals surface area contributed by atoms with Gasteiger partial charge in [0.05, 0.1) is 17.1 Å². The van der Waals surface area contributed by atoms with Crippen LogP contribution in [-0.2, 0) is 16.6 Å². The summed E-state index contributed by atoms with van der Waals surface area (Å²) in [7, 11) is -3.91. The molecule has 0 radical (unpaired) electrons. The van der Waals surface area contributed by atoms with Crippen LogP contribution in [0.5, 0.6) is 0 Å². The number of benzene rings is 1. The highest BCUT2D eigenvalue weighted by molar-refractivity contribution is 7.89. The predicted molar refractivity (Wildman–Crippen MR) is 79.3 cm³/mol. The Morgan fingerprint density at radius 3 is 2.76 bits per heavy atom. The summed E-state index contributed by atoms with van der Waals surface area (Å²) in [5.74, 6) is -1.22. The highest BCUT2D eigenvalue weighted by atomic mass is 35.5. The maximum Gasteiger partial charge on any atom is 0.335 e. The van der Waals surface area contributed by atoms with Gasteiger partial charge < -0.3 is 5.11 Å². The Morgan fingerprint density at radius 2 is 2.19 bits per heavy atom. The van der Waals surface area contributed by atoms with Crippen molar-refractivity contribution in [1.82, 2.24) is 9.71 Å². The van der Waals surface area contributed by atoms with Crippen LogP contribution in [0.2, 0.25) is 5.02 Å². The van der Waals surface area contributed by atoms with E-state index in [1.807, 2.05) is 6.92 Å². The van der Waals surface area contributed by atoms with Crippen molar-refractivity contribution in [2.45, 2.75) is 18.4 Å². The number of nitrogens with one attached hydrogen (secondary N) is 1. The Morgan fingerprint density at radius 1 is 1.48 bits per heavy atom. The quantitative estimate of drug-likeness (QED) is 0.865. The number of thiazole rings is 1. The highest BCUT2D eigenvalue weighted by Gasteiger charge is 2.20. The molecular formula is C12H11ClN2O4S2. The fraction of sp³-hybridized carbons (Fsp3) is 0.167. The molecule has 0 fully saturated rings. The molecular weight excluding hydrogens is 336 g/mol. The molecule has 0 unspecified atom stereocenters. The first-order chi connectivity index (χ1) is 9.79. The van der Waals surface area contributed by atoms with Crippen LogP contribution in [0.15, 0.2) is 29.3 Å². The van der Waals surface area contributed by atoms with Crippen molar-refractivity contribution in [3.63, 3.8) is 0 Å². The number of halogens is 1. The maximum atomic E-state index is 12.2. The van der Waals surface area contributed by atoms with Gasteiger partial charge in [0.2, 0.25) is 10.0 Å². The van der Waals surface area contributed by atoms with Gasteiger partial charge in [-0.15, -0.1) is 11.3 Å². The lowest BCUT2D eigenvalue weighted by molar-refractivity contribution is 0.0696. The minimum absolute atomic E-state index is 0.0223. The molecule has 0 aliphatic heterocycles. The summed E-state index contributed by atoms with van der Waals surface area (Å²) in [4.78, 5) is 15.7. The molecule has 2 aromatic rings. The summed E-state index contributed by atoms with van der Waals surface area (Å²) in [6.45, 7) is 1.89. The fourth-order valence-electron chi connectivity index (χ4n) is 1.56. The number of sulfonamides is 1. The van der Waals surface area contributed by atoms with Crippen molar-refractivity contribution in [1.29, 1.82) is 0 Å². The summed E-state index contributed by atoms with van der Waals surface area (Å²) in [6.07, 6.45) is 1.65. The summed E-state index contributed by atoms with van der Waals surface area (Å²) in [6, 6.07) is 3.51. The van der Waals surface area contributed by atoms with E-state index in [0.29, 0.717) is 5.01 Å². The van der Waals surface area contributed by atoms with Crippen LogP contribution in [0.3, 0.4) is 0 Å². The molecule has 0 atom stereocenters. The van der Waals surface area contributed by atoms with Crippen molar-refractivity contribution < 1.29 is 18.3 Å². The number of carboxylic acids is 1. The second-order valence-electron chi connectivity index (χ2n) is 4.14. The van der Waals surface area contributed by atoms with Crippen LogP contribution in [0.25, 0.3) is 0 Å². The first-order valence-electron chi connectivity index (χ1n) is 5.73. The van der Waals surface area contributed by atoms with E-state index in [4.69, 9.17) is 16.7 Å². The standard InChI is InChI=1S/C12H11ClN2O4S2/c1-7-5-14-11(20-7)6-15-21(18,19)10-4-8(12(16)17)2-3-9(10)13/h2-5,15H,6H2,1H3,(H,16,17). The molecule has 0 aliphatic carbocycles. The number of aryl methyl sites for hydroxylation is 1. The Kier molecular flexibility index (Phi) is 4.62. The van der Waals surface area contributed by atoms with E-state index in [2.05, 4.69) is 9.71 Å². The van der Waals surface area contributed by atoms with Crippen molar-refractivity contribution >= 4 is 38.9 Å². The van der Waals surface area contributed by atoms with E-state index in [-0.39, 0.29) is 22.0 Å². The molecule has 1 heterocycles. The molecule has 0 amide bonds. The van der Waals surface area contributed by atoms with Gasteiger partial charge in [-0.25, -0.2) is 22.9 Å². The Bertz CT molecular complexity index is 786. The average Bonchev–Trinajstić information content (AvgIpc) is 2.82. The lowest BCUT2D eigenvalue weighted by atomic mass is 10.2. The van der Waals surface area contributed by atoms with Crippen LogP contribution < -0.4 is 4.72 Å². The lowest BCUT2D eigenvalue weighted by Crippen LogP contribution is -2.23. The Balaban J connectivity index is 2.26. The molecule has 21 heavy (non-hydrogen) atoms. The molecule has 0 aliphatic rings. The molecule has 0 spiro atoms. The lowest BCUT2D eigenvalue weighted by Gasteiger charge is -2.08. The molecule has 6 nitrogen and oxygen atoms in total. The summed E-state index contributed by atoms with van der Waals surface area (Å²) < 4.78 is 26.7. The van der Waals surface area contributed by atoms with Gasteiger partial charge in [-0.05, 0) is 25.1 Å². The predicted octanol–water partition coefficient (Wildman–Crippen LogP) is 2.28. The first kappa shape index (κ1) is 15.9. The van der Waals surface area contributed by atoms with Gasteiger partial charge in [0, 0.05) is 11.1 Å². The molecule has 2 N–H and O–H groups in total. The van der Waals surface area contributed by atoms with Crippen LogP contribution in [0, 0.1) is 6.92 Å². The minimum Gasteiger partial charge on any atom is -0.478 e. The second kappa shape index (κ2) is 6.10. The third-order valence-electron chi connectivity index (χ3n) is 2.55. The van der Waals surface area contributed by atoms with E-state index in [9.17, 15) is 13.2 Å². The Hall–Kier alpha value is -1.48. The second-order valence-corrected chi connectivity index (χ2v) is 7.60. The largest absolute Gasteiger partial charge is 0.478 e. The number of aromatic carboxylic acids is 1. The number of aromatic nitrogens is 1. The molecule has 112 valence electrons. The van der Waals surface area contributed by atoms with Gasteiger partial charge in [-0.1, -0.05) is 11.6 Å². The smallest absolute Gasteiger partial charge is 0.335 e. The number of nitrogens with zero attached hydrogens (tertiary/aromatic N) is 1. The fourth-order valence-corrected chi connectivity index (χ4v) is 3.89. The van der Waals surface area contributed by atoms with Gasteiger partial charge in [0.25, 0.3) is 0 Å². The normalized spacial score (nSPS) is 11.5. The van der Waals surface area contributed by atoms with E-state index in [1.54, 1.807) is 6.20 Å². The zero-order chi connectivity index (χ0) is 15.6. The molecule has 2 rings (SSSR count). The van der Waals surface area contributed by atoms with E-state index in [1.165, 1.54) is 23.5 Å². The van der Waals surface area contributed by atoms with Gasteiger partial charge in [-0.2, -0.15) is 0 Å². The van der Waals surface area contributed by atoms with Crippen LogP contribution in [0.4, 0.5) is 0 Å². The minimum atomic E-state index is -3.91. The van der Waals surface area contributed by atoms with Gasteiger partial charge in [-0.3, -0.25) is 0 Å². The van der Waals surface area contributed by atoms with Crippen molar-refractivity contribution in [2.75, 3.05) is 0 Å². The van der Waals surface area contributed by atoms with Gasteiger partial charge in [0.1, 0.15) is 9.90 Å². The van der Waals surface area contributed by atoms with Gasteiger partial charge >= 0.3 is 5.97 Å². The summed E-state index contributed by atoms with van der Waals surface area (Å²) in [5.41, 5.74) is -0.148. The monoisotopic (exact) mass is 346 g/mol. The third-order valence-corrected chi connectivity index (χ3v) is 5.35. The zero-order valence-electron chi connectivity index (χ0n) is 10.8.